The highest BCUT2D eigenvalue weighted by Gasteiger charge is 2.21. The van der Waals surface area contributed by atoms with Crippen molar-refractivity contribution in [1.82, 2.24) is 0 Å². The van der Waals surface area contributed by atoms with Gasteiger partial charge in [0.15, 0.2) is 11.5 Å². The molecule has 0 aliphatic carbocycles. The summed E-state index contributed by atoms with van der Waals surface area (Å²) in [7, 11) is 0. The predicted octanol–water partition coefficient (Wildman–Crippen LogP) is 0.876. The minimum atomic E-state index is -0.219. The lowest BCUT2D eigenvalue weighted by molar-refractivity contribution is -0.116. The van der Waals surface area contributed by atoms with Crippen LogP contribution < -0.4 is 10.2 Å². The highest BCUT2D eigenvalue weighted by Crippen LogP contribution is 2.38. The SMILES string of the molecule is CC(=O)N1CCNc2cc(O)c(O)cc21. The molecule has 0 spiro atoms. The first-order valence-electron chi connectivity index (χ1n) is 4.67. The maximum Gasteiger partial charge on any atom is 0.223 e. The summed E-state index contributed by atoms with van der Waals surface area (Å²) in [6.07, 6.45) is 0. The quantitative estimate of drug-likeness (QED) is 0.437. The van der Waals surface area contributed by atoms with E-state index in [-0.39, 0.29) is 17.4 Å². The lowest BCUT2D eigenvalue weighted by Gasteiger charge is -2.29. The van der Waals surface area contributed by atoms with E-state index in [1.54, 1.807) is 4.90 Å². The highest BCUT2D eigenvalue weighted by molar-refractivity contribution is 5.97. The Labute approximate surface area is 86.9 Å². The Morgan fingerprint density at radius 2 is 2.07 bits per heavy atom. The third kappa shape index (κ3) is 1.56. The normalized spacial score (nSPS) is 14.3. The van der Waals surface area contributed by atoms with Crippen LogP contribution in [-0.2, 0) is 4.79 Å². The molecule has 2 rings (SSSR count). The van der Waals surface area contributed by atoms with Crippen molar-refractivity contribution in [3.8, 4) is 11.5 Å². The molecular formula is C10H12N2O3. The molecule has 0 unspecified atom stereocenters. The van der Waals surface area contributed by atoms with Gasteiger partial charge in [-0.25, -0.2) is 0 Å². The first-order chi connectivity index (χ1) is 7.09. The number of aromatic hydroxyl groups is 2. The van der Waals surface area contributed by atoms with E-state index in [4.69, 9.17) is 0 Å². The summed E-state index contributed by atoms with van der Waals surface area (Å²) in [5.41, 5.74) is 1.26. The predicted molar refractivity (Wildman–Crippen MR) is 56.3 cm³/mol. The van der Waals surface area contributed by atoms with E-state index in [9.17, 15) is 15.0 Å². The van der Waals surface area contributed by atoms with Crippen molar-refractivity contribution in [3.05, 3.63) is 12.1 Å². The Bertz CT molecular complexity index is 417. The van der Waals surface area contributed by atoms with Gasteiger partial charge in [-0.05, 0) is 0 Å². The molecule has 3 N–H and O–H groups in total. The van der Waals surface area contributed by atoms with Crippen LogP contribution >= 0.6 is 0 Å². The summed E-state index contributed by atoms with van der Waals surface area (Å²) < 4.78 is 0. The second kappa shape index (κ2) is 3.34. The molecule has 0 bridgehead atoms. The van der Waals surface area contributed by atoms with Crippen LogP contribution in [0.25, 0.3) is 0 Å². The van der Waals surface area contributed by atoms with E-state index >= 15 is 0 Å². The van der Waals surface area contributed by atoms with Crippen molar-refractivity contribution in [2.24, 2.45) is 0 Å². The summed E-state index contributed by atoms with van der Waals surface area (Å²) in [5, 5.41) is 21.7. The molecule has 5 nitrogen and oxygen atoms in total. The average Bonchev–Trinajstić information content (AvgIpc) is 2.18. The van der Waals surface area contributed by atoms with Gasteiger partial charge in [0, 0.05) is 32.1 Å². The molecule has 15 heavy (non-hydrogen) atoms. The van der Waals surface area contributed by atoms with Gasteiger partial charge in [-0.1, -0.05) is 0 Å². The van der Waals surface area contributed by atoms with E-state index in [0.717, 1.165) is 0 Å². The van der Waals surface area contributed by atoms with Crippen LogP contribution in [0.15, 0.2) is 12.1 Å². The number of phenolic OH excluding ortho intramolecular Hbond substituents is 2. The van der Waals surface area contributed by atoms with E-state index in [2.05, 4.69) is 5.32 Å². The average molecular weight is 208 g/mol. The van der Waals surface area contributed by atoms with Crippen LogP contribution in [0.4, 0.5) is 11.4 Å². The number of carbonyl (C=O) groups is 1. The molecule has 1 aromatic carbocycles. The molecule has 1 aliphatic rings. The van der Waals surface area contributed by atoms with Gasteiger partial charge in [-0.15, -0.1) is 0 Å². The van der Waals surface area contributed by atoms with E-state index in [1.807, 2.05) is 0 Å². The maximum atomic E-state index is 11.3. The second-order valence-electron chi connectivity index (χ2n) is 3.46. The van der Waals surface area contributed by atoms with Crippen LogP contribution in [0, 0.1) is 0 Å². The Morgan fingerprint density at radius 3 is 2.73 bits per heavy atom. The molecule has 1 aromatic rings. The largest absolute Gasteiger partial charge is 0.504 e. The Kier molecular flexibility index (Phi) is 2.15. The summed E-state index contributed by atoms with van der Waals surface area (Å²) in [6.45, 7) is 2.67. The van der Waals surface area contributed by atoms with E-state index in [1.165, 1.54) is 19.1 Å². The van der Waals surface area contributed by atoms with Crippen LogP contribution in [0.3, 0.4) is 0 Å². The smallest absolute Gasteiger partial charge is 0.223 e. The fraction of sp³-hybridized carbons (Fsp3) is 0.300. The Balaban J connectivity index is 2.51. The number of amides is 1. The molecular weight excluding hydrogens is 196 g/mol. The van der Waals surface area contributed by atoms with Crippen molar-refractivity contribution in [3.63, 3.8) is 0 Å². The topological polar surface area (TPSA) is 72.8 Å². The van der Waals surface area contributed by atoms with Gasteiger partial charge in [-0.2, -0.15) is 0 Å². The maximum absolute atomic E-state index is 11.3. The minimum Gasteiger partial charge on any atom is -0.504 e. The molecule has 0 saturated carbocycles. The van der Waals surface area contributed by atoms with Crippen molar-refractivity contribution in [1.29, 1.82) is 0 Å². The molecule has 0 fully saturated rings. The Morgan fingerprint density at radius 1 is 1.40 bits per heavy atom. The van der Waals surface area contributed by atoms with Crippen LogP contribution in [-0.4, -0.2) is 29.2 Å². The van der Waals surface area contributed by atoms with Crippen molar-refractivity contribution < 1.29 is 15.0 Å². The number of carbonyl (C=O) groups excluding carboxylic acids is 1. The number of benzene rings is 1. The van der Waals surface area contributed by atoms with E-state index < -0.39 is 0 Å². The summed E-state index contributed by atoms with van der Waals surface area (Å²) >= 11 is 0. The van der Waals surface area contributed by atoms with Gasteiger partial charge in [0.05, 0.1) is 11.4 Å². The van der Waals surface area contributed by atoms with Gasteiger partial charge in [0.1, 0.15) is 0 Å². The number of nitrogens with one attached hydrogen (secondary N) is 1. The molecule has 1 aliphatic heterocycles. The van der Waals surface area contributed by atoms with Gasteiger partial charge >= 0.3 is 0 Å². The van der Waals surface area contributed by atoms with Gasteiger partial charge in [0.2, 0.25) is 5.91 Å². The second-order valence-corrected chi connectivity index (χ2v) is 3.46. The third-order valence-corrected chi connectivity index (χ3v) is 2.41. The number of nitrogens with zero attached hydrogens (tertiary/aromatic N) is 1. The fourth-order valence-corrected chi connectivity index (χ4v) is 1.68. The molecule has 0 aromatic heterocycles. The van der Waals surface area contributed by atoms with E-state index in [0.29, 0.717) is 24.5 Å². The molecule has 5 heteroatoms. The van der Waals surface area contributed by atoms with Gasteiger partial charge in [-0.3, -0.25) is 4.79 Å². The number of anilines is 2. The number of fused-ring (bicyclic) bond motifs is 1. The summed E-state index contributed by atoms with van der Waals surface area (Å²) in [4.78, 5) is 12.9. The lowest BCUT2D eigenvalue weighted by atomic mass is 10.1. The number of hydrogen-bond donors (Lipinski definition) is 3. The first kappa shape index (κ1) is 9.64. The zero-order chi connectivity index (χ0) is 11.0. The molecule has 1 heterocycles. The van der Waals surface area contributed by atoms with Gasteiger partial charge in [0.25, 0.3) is 0 Å². The first-order valence-corrected chi connectivity index (χ1v) is 4.67. The molecule has 80 valence electrons. The summed E-state index contributed by atoms with van der Waals surface area (Å²) in [6, 6.07) is 2.80. The molecule has 0 atom stereocenters. The van der Waals surface area contributed by atoms with Crippen molar-refractivity contribution in [2.75, 3.05) is 23.3 Å². The lowest BCUT2D eigenvalue weighted by Crippen LogP contribution is -2.37. The minimum absolute atomic E-state index is 0.0807. The fourth-order valence-electron chi connectivity index (χ4n) is 1.68. The summed E-state index contributed by atoms with van der Waals surface area (Å²) in [5.74, 6) is -0.488. The van der Waals surface area contributed by atoms with Crippen LogP contribution in [0.2, 0.25) is 0 Å². The van der Waals surface area contributed by atoms with Crippen LogP contribution in [0.1, 0.15) is 6.92 Å². The molecule has 1 amide bonds. The zero-order valence-electron chi connectivity index (χ0n) is 8.32. The zero-order valence-corrected chi connectivity index (χ0v) is 8.32. The Hall–Kier alpha value is -1.91. The van der Waals surface area contributed by atoms with Crippen molar-refractivity contribution in [2.45, 2.75) is 6.92 Å². The molecule has 0 radical (unpaired) electrons. The standard InChI is InChI=1S/C10H12N2O3/c1-6(13)12-3-2-11-7-4-9(14)10(15)5-8(7)12/h4-5,11,14-15H,2-3H2,1H3. The van der Waals surface area contributed by atoms with Crippen molar-refractivity contribution >= 4 is 17.3 Å². The van der Waals surface area contributed by atoms with Gasteiger partial charge < -0.3 is 20.4 Å². The van der Waals surface area contributed by atoms with Crippen LogP contribution in [0.5, 0.6) is 11.5 Å². The monoisotopic (exact) mass is 208 g/mol. The highest BCUT2D eigenvalue weighted by atomic mass is 16.3. The third-order valence-electron chi connectivity index (χ3n) is 2.41. The molecule has 0 saturated heterocycles. The number of hydrogen-bond acceptors (Lipinski definition) is 4. The number of phenols is 2. The number of rotatable bonds is 0.